The molecule has 172 valence electrons. The first-order valence-corrected chi connectivity index (χ1v) is 10.7. The molecule has 0 saturated heterocycles. The van der Waals surface area contributed by atoms with E-state index in [-0.39, 0.29) is 11.5 Å². The highest BCUT2D eigenvalue weighted by molar-refractivity contribution is 6.12. The number of nitrogens with one attached hydrogen (secondary N) is 1. The topological polar surface area (TPSA) is 101 Å². The Labute approximate surface area is 202 Å². The van der Waals surface area contributed by atoms with Gasteiger partial charge in [-0.1, -0.05) is 30.3 Å². The molecule has 0 bridgehead atoms. The van der Waals surface area contributed by atoms with E-state index < -0.39 is 5.91 Å². The molecule has 1 aromatic heterocycles. The van der Waals surface area contributed by atoms with Gasteiger partial charge in [-0.25, -0.2) is 4.79 Å². The number of hydrogen-bond donors (Lipinski definition) is 1. The highest BCUT2D eigenvalue weighted by Crippen LogP contribution is 2.22. The minimum Gasteiger partial charge on any atom is -0.489 e. The van der Waals surface area contributed by atoms with Gasteiger partial charge in [0.15, 0.2) is 0 Å². The Morgan fingerprint density at radius 1 is 1.00 bits per heavy atom. The van der Waals surface area contributed by atoms with Gasteiger partial charge in [-0.15, -0.1) is 0 Å². The molecule has 7 heteroatoms. The molecule has 0 aliphatic heterocycles. The van der Waals surface area contributed by atoms with Gasteiger partial charge in [0.25, 0.3) is 5.91 Å². The zero-order chi connectivity index (χ0) is 24.6. The first-order valence-electron chi connectivity index (χ1n) is 10.7. The lowest BCUT2D eigenvalue weighted by Gasteiger charge is -2.08. The molecular formula is C28H21N3O4. The maximum absolute atomic E-state index is 12.7. The van der Waals surface area contributed by atoms with Crippen molar-refractivity contribution >= 4 is 34.5 Å². The Hall–Kier alpha value is -4.96. The Morgan fingerprint density at radius 2 is 1.77 bits per heavy atom. The number of fused-ring (bicyclic) bond motifs is 1. The van der Waals surface area contributed by atoms with Crippen LogP contribution in [0.3, 0.4) is 0 Å². The quantitative estimate of drug-likeness (QED) is 0.231. The highest BCUT2D eigenvalue weighted by Gasteiger charge is 2.12. The van der Waals surface area contributed by atoms with Crippen LogP contribution in [0.1, 0.15) is 21.5 Å². The van der Waals surface area contributed by atoms with Crippen LogP contribution in [0.25, 0.3) is 17.0 Å². The molecule has 1 heterocycles. The normalized spacial score (nSPS) is 10.9. The van der Waals surface area contributed by atoms with Crippen LogP contribution in [-0.2, 0) is 16.1 Å². The monoisotopic (exact) mass is 463 g/mol. The maximum Gasteiger partial charge on any atom is 0.337 e. The summed E-state index contributed by atoms with van der Waals surface area (Å²) in [6.07, 6.45) is 3.21. The Bertz CT molecular complexity index is 1430. The number of ether oxygens (including phenoxy) is 2. The van der Waals surface area contributed by atoms with E-state index >= 15 is 0 Å². The van der Waals surface area contributed by atoms with E-state index in [1.807, 2.05) is 18.2 Å². The molecular weight excluding hydrogens is 442 g/mol. The molecule has 3 aromatic carbocycles. The van der Waals surface area contributed by atoms with Crippen molar-refractivity contribution in [3.05, 3.63) is 107 Å². The zero-order valence-corrected chi connectivity index (χ0v) is 18.9. The summed E-state index contributed by atoms with van der Waals surface area (Å²) in [4.78, 5) is 28.5. The van der Waals surface area contributed by atoms with Crippen LogP contribution in [0.15, 0.2) is 90.6 Å². The number of hydrogen-bond acceptors (Lipinski definition) is 6. The van der Waals surface area contributed by atoms with Crippen molar-refractivity contribution in [2.75, 3.05) is 12.4 Å². The third-order valence-corrected chi connectivity index (χ3v) is 5.23. The second-order valence-electron chi connectivity index (χ2n) is 7.55. The third-order valence-electron chi connectivity index (χ3n) is 5.23. The summed E-state index contributed by atoms with van der Waals surface area (Å²) in [5, 5.41) is 13.1. The van der Waals surface area contributed by atoms with Crippen LogP contribution >= 0.6 is 0 Å². The molecule has 0 unspecified atom stereocenters. The Balaban J connectivity index is 1.40. The summed E-state index contributed by atoms with van der Waals surface area (Å²) in [5.74, 6) is -0.259. The van der Waals surface area contributed by atoms with E-state index in [9.17, 15) is 14.9 Å². The maximum atomic E-state index is 12.7. The van der Waals surface area contributed by atoms with Crippen LogP contribution in [0.2, 0.25) is 0 Å². The predicted molar refractivity (Wildman–Crippen MR) is 133 cm³/mol. The average Bonchev–Trinajstić information content (AvgIpc) is 2.91. The lowest BCUT2D eigenvalue weighted by Crippen LogP contribution is -2.13. The van der Waals surface area contributed by atoms with Gasteiger partial charge in [-0.05, 0) is 65.7 Å². The molecule has 0 radical (unpaired) electrons. The van der Waals surface area contributed by atoms with Crippen molar-refractivity contribution in [1.82, 2.24) is 4.98 Å². The predicted octanol–water partition coefficient (Wildman–Crippen LogP) is 5.15. The molecule has 0 aliphatic carbocycles. The fraction of sp³-hybridized carbons (Fsp3) is 0.0714. The van der Waals surface area contributed by atoms with Crippen molar-refractivity contribution in [1.29, 1.82) is 5.26 Å². The summed E-state index contributed by atoms with van der Waals surface area (Å²) < 4.78 is 10.5. The second kappa shape index (κ2) is 10.8. The Kier molecular flexibility index (Phi) is 7.14. The molecule has 7 nitrogen and oxygen atoms in total. The summed E-state index contributed by atoms with van der Waals surface area (Å²) in [5.41, 5.74) is 3.37. The molecule has 0 spiro atoms. The number of anilines is 1. The summed E-state index contributed by atoms with van der Waals surface area (Å²) in [6, 6.07) is 25.1. The lowest BCUT2D eigenvalue weighted by molar-refractivity contribution is -0.112. The first kappa shape index (κ1) is 23.2. The molecule has 0 saturated carbocycles. The Morgan fingerprint density at radius 3 is 2.49 bits per heavy atom. The second-order valence-corrected chi connectivity index (χ2v) is 7.55. The van der Waals surface area contributed by atoms with Gasteiger partial charge < -0.3 is 14.8 Å². The fourth-order valence-corrected chi connectivity index (χ4v) is 3.40. The van der Waals surface area contributed by atoms with Gasteiger partial charge in [0.2, 0.25) is 0 Å². The lowest BCUT2D eigenvalue weighted by atomic mass is 10.1. The number of methoxy groups -OCH3 is 1. The third kappa shape index (κ3) is 5.70. The van der Waals surface area contributed by atoms with E-state index in [4.69, 9.17) is 9.47 Å². The smallest absolute Gasteiger partial charge is 0.337 e. The number of carbonyl (C=O) groups excluding carboxylic acids is 2. The highest BCUT2D eigenvalue weighted by atomic mass is 16.5. The van der Waals surface area contributed by atoms with E-state index in [1.165, 1.54) is 13.2 Å². The van der Waals surface area contributed by atoms with E-state index in [2.05, 4.69) is 10.3 Å². The standard InChI is InChI=1S/C28H21N3O4/c1-34-28(33)21-11-7-20(8-12-21)18-35-23-13-9-19(10-14-23)16-22(17-29)27(32)31-26-6-2-5-25-24(26)4-3-15-30-25/h2-16H,18H2,1H3,(H,31,32). The molecule has 4 rings (SSSR count). The van der Waals surface area contributed by atoms with Gasteiger partial charge in [0.05, 0.1) is 23.9 Å². The van der Waals surface area contributed by atoms with Crippen LogP contribution in [-0.4, -0.2) is 24.0 Å². The first-order chi connectivity index (χ1) is 17.1. The fourth-order valence-electron chi connectivity index (χ4n) is 3.40. The van der Waals surface area contributed by atoms with Crippen molar-refractivity contribution in [3.8, 4) is 11.8 Å². The molecule has 0 fully saturated rings. The van der Waals surface area contributed by atoms with E-state index in [0.29, 0.717) is 29.2 Å². The minimum atomic E-state index is -0.500. The van der Waals surface area contributed by atoms with Crippen LogP contribution in [0.5, 0.6) is 5.75 Å². The molecule has 35 heavy (non-hydrogen) atoms. The number of nitrogens with zero attached hydrogens (tertiary/aromatic N) is 2. The van der Waals surface area contributed by atoms with Gasteiger partial charge in [-0.2, -0.15) is 5.26 Å². The average molecular weight is 463 g/mol. The molecule has 0 atom stereocenters. The van der Waals surface area contributed by atoms with Crippen molar-refractivity contribution in [3.63, 3.8) is 0 Å². The zero-order valence-electron chi connectivity index (χ0n) is 18.9. The number of benzene rings is 3. The van der Waals surface area contributed by atoms with Gasteiger partial charge in [-0.3, -0.25) is 9.78 Å². The number of aromatic nitrogens is 1. The largest absolute Gasteiger partial charge is 0.489 e. The van der Waals surface area contributed by atoms with Crippen LogP contribution in [0, 0.1) is 11.3 Å². The minimum absolute atomic E-state index is 0.0229. The number of nitriles is 1. The number of amides is 1. The van der Waals surface area contributed by atoms with Crippen molar-refractivity contribution < 1.29 is 19.1 Å². The number of carbonyl (C=O) groups is 2. The van der Waals surface area contributed by atoms with E-state index in [0.717, 1.165) is 16.5 Å². The van der Waals surface area contributed by atoms with Crippen LogP contribution < -0.4 is 10.1 Å². The van der Waals surface area contributed by atoms with Gasteiger partial charge >= 0.3 is 5.97 Å². The number of rotatable bonds is 7. The van der Waals surface area contributed by atoms with Crippen molar-refractivity contribution in [2.24, 2.45) is 0 Å². The van der Waals surface area contributed by atoms with Gasteiger partial charge in [0, 0.05) is 11.6 Å². The van der Waals surface area contributed by atoms with E-state index in [1.54, 1.807) is 72.9 Å². The molecule has 0 aliphatic rings. The van der Waals surface area contributed by atoms with Crippen LogP contribution in [0.4, 0.5) is 5.69 Å². The SMILES string of the molecule is COC(=O)c1ccc(COc2ccc(C=C(C#N)C(=O)Nc3cccc4ncccc34)cc2)cc1. The number of pyridine rings is 1. The van der Waals surface area contributed by atoms with Crippen molar-refractivity contribution in [2.45, 2.75) is 6.61 Å². The number of esters is 1. The molecule has 4 aromatic rings. The summed E-state index contributed by atoms with van der Waals surface area (Å²) in [6.45, 7) is 0.322. The molecule has 1 amide bonds. The molecule has 1 N–H and O–H groups in total. The summed E-state index contributed by atoms with van der Waals surface area (Å²) in [7, 11) is 1.34. The van der Waals surface area contributed by atoms with Gasteiger partial charge in [0.1, 0.15) is 24.0 Å². The summed E-state index contributed by atoms with van der Waals surface area (Å²) >= 11 is 0.